The van der Waals surface area contributed by atoms with Crippen LogP contribution in [0.3, 0.4) is 0 Å². The van der Waals surface area contributed by atoms with Gasteiger partial charge in [-0.1, -0.05) is 12.1 Å². The number of piperidine rings is 1. The maximum Gasteiger partial charge on any atom is 0.120 e. The molecular formula is C20H23N5. The maximum atomic E-state index is 9.12. The fourth-order valence-electron chi connectivity index (χ4n) is 3.90. The molecule has 1 aliphatic heterocycles. The van der Waals surface area contributed by atoms with Crippen LogP contribution in [-0.2, 0) is 13.6 Å². The van der Waals surface area contributed by atoms with Gasteiger partial charge in [-0.15, -0.1) is 0 Å². The summed E-state index contributed by atoms with van der Waals surface area (Å²) in [5.41, 5.74) is 5.38. The number of rotatable bonds is 3. The summed E-state index contributed by atoms with van der Waals surface area (Å²) < 4.78 is 1.90. The van der Waals surface area contributed by atoms with Crippen LogP contribution in [-0.4, -0.2) is 32.5 Å². The molecule has 1 aliphatic rings. The van der Waals surface area contributed by atoms with Crippen LogP contribution in [0.2, 0.25) is 0 Å². The number of hydrogen-bond donors (Lipinski definition) is 1. The summed E-state index contributed by atoms with van der Waals surface area (Å²) in [5, 5.41) is 9.12. The van der Waals surface area contributed by atoms with E-state index in [-0.39, 0.29) is 0 Å². The zero-order chi connectivity index (χ0) is 17.4. The fourth-order valence-corrected chi connectivity index (χ4v) is 3.90. The summed E-state index contributed by atoms with van der Waals surface area (Å²) in [6, 6.07) is 10.5. The molecule has 0 amide bonds. The zero-order valence-electron chi connectivity index (χ0n) is 14.8. The Bertz CT molecular complexity index is 943. The van der Waals surface area contributed by atoms with E-state index in [1.807, 2.05) is 17.7 Å². The molecule has 1 aromatic carbocycles. The average Bonchev–Trinajstić information content (AvgIpc) is 3.19. The van der Waals surface area contributed by atoms with Gasteiger partial charge in [0.05, 0.1) is 11.0 Å². The molecule has 0 radical (unpaired) electrons. The number of para-hydroxylation sites is 1. The van der Waals surface area contributed by atoms with Gasteiger partial charge in [-0.2, -0.15) is 5.26 Å². The molecule has 5 heteroatoms. The molecule has 128 valence electrons. The molecule has 0 spiro atoms. The molecule has 1 atom stereocenters. The van der Waals surface area contributed by atoms with Crippen molar-refractivity contribution in [2.24, 2.45) is 7.05 Å². The molecule has 0 saturated carbocycles. The Labute approximate surface area is 147 Å². The SMILES string of the molecule is Cc1cccc2[nH]c([C@H]3CCCN(Cc4cc(C#N)n(C)c4)C3)nc12. The van der Waals surface area contributed by atoms with Crippen molar-refractivity contribution in [3.8, 4) is 6.07 Å². The van der Waals surface area contributed by atoms with E-state index in [0.717, 1.165) is 42.2 Å². The summed E-state index contributed by atoms with van der Waals surface area (Å²) in [7, 11) is 1.93. The molecule has 3 aromatic rings. The number of likely N-dealkylation sites (tertiary alicyclic amines) is 1. The minimum absolute atomic E-state index is 0.444. The molecule has 4 rings (SSSR count). The fraction of sp³-hybridized carbons (Fsp3) is 0.400. The summed E-state index contributed by atoms with van der Waals surface area (Å²) in [4.78, 5) is 10.9. The third kappa shape index (κ3) is 3.06. The first kappa shape index (κ1) is 15.9. The summed E-state index contributed by atoms with van der Waals surface area (Å²) in [6.45, 7) is 5.12. The highest BCUT2D eigenvalue weighted by Crippen LogP contribution is 2.28. The van der Waals surface area contributed by atoms with Crippen molar-refractivity contribution in [3.05, 3.63) is 53.1 Å². The van der Waals surface area contributed by atoms with Gasteiger partial charge in [-0.05, 0) is 49.6 Å². The van der Waals surface area contributed by atoms with Gasteiger partial charge < -0.3 is 9.55 Å². The van der Waals surface area contributed by atoms with E-state index in [1.54, 1.807) is 0 Å². The minimum atomic E-state index is 0.444. The Hall–Kier alpha value is -2.58. The number of nitriles is 1. The average molecular weight is 333 g/mol. The van der Waals surface area contributed by atoms with Crippen LogP contribution in [0.15, 0.2) is 30.5 Å². The topological polar surface area (TPSA) is 60.6 Å². The van der Waals surface area contributed by atoms with E-state index < -0.39 is 0 Å². The van der Waals surface area contributed by atoms with Crippen molar-refractivity contribution in [1.82, 2.24) is 19.4 Å². The van der Waals surface area contributed by atoms with E-state index in [2.05, 4.69) is 47.3 Å². The first-order valence-corrected chi connectivity index (χ1v) is 8.87. The lowest BCUT2D eigenvalue weighted by molar-refractivity contribution is 0.197. The van der Waals surface area contributed by atoms with Crippen molar-refractivity contribution in [2.45, 2.75) is 32.2 Å². The van der Waals surface area contributed by atoms with Gasteiger partial charge in [0, 0.05) is 32.3 Å². The van der Waals surface area contributed by atoms with Crippen LogP contribution in [0, 0.1) is 18.3 Å². The second-order valence-corrected chi connectivity index (χ2v) is 7.12. The van der Waals surface area contributed by atoms with Crippen molar-refractivity contribution in [2.75, 3.05) is 13.1 Å². The molecule has 0 bridgehead atoms. The van der Waals surface area contributed by atoms with Crippen molar-refractivity contribution in [1.29, 1.82) is 5.26 Å². The third-order valence-corrected chi connectivity index (χ3v) is 5.21. The second-order valence-electron chi connectivity index (χ2n) is 7.12. The Morgan fingerprint density at radius 2 is 2.28 bits per heavy atom. The summed E-state index contributed by atoms with van der Waals surface area (Å²) in [5.74, 6) is 1.56. The monoisotopic (exact) mass is 333 g/mol. The van der Waals surface area contributed by atoms with Crippen LogP contribution in [0.1, 0.15) is 41.4 Å². The normalized spacial score (nSPS) is 18.5. The number of H-pyrrole nitrogens is 1. The van der Waals surface area contributed by atoms with Gasteiger partial charge in [-0.3, -0.25) is 4.90 Å². The number of imidazole rings is 1. The lowest BCUT2D eigenvalue weighted by Gasteiger charge is -2.31. The van der Waals surface area contributed by atoms with Crippen LogP contribution in [0.5, 0.6) is 0 Å². The van der Waals surface area contributed by atoms with E-state index in [1.165, 1.54) is 24.0 Å². The van der Waals surface area contributed by atoms with Gasteiger partial charge in [0.15, 0.2) is 0 Å². The second kappa shape index (κ2) is 6.38. The number of fused-ring (bicyclic) bond motifs is 1. The van der Waals surface area contributed by atoms with E-state index in [0.29, 0.717) is 5.92 Å². The summed E-state index contributed by atoms with van der Waals surface area (Å²) >= 11 is 0. The zero-order valence-corrected chi connectivity index (χ0v) is 14.8. The predicted octanol–water partition coefficient (Wildman–Crippen LogP) is 3.46. The Balaban J connectivity index is 1.51. The number of aromatic amines is 1. The molecule has 1 fully saturated rings. The summed E-state index contributed by atoms with van der Waals surface area (Å²) in [6.07, 6.45) is 4.42. The first-order valence-electron chi connectivity index (χ1n) is 8.87. The highest BCUT2D eigenvalue weighted by molar-refractivity contribution is 5.78. The molecule has 0 unspecified atom stereocenters. The van der Waals surface area contributed by atoms with Gasteiger partial charge in [-0.25, -0.2) is 4.98 Å². The largest absolute Gasteiger partial charge is 0.342 e. The number of nitrogens with zero attached hydrogens (tertiary/aromatic N) is 4. The maximum absolute atomic E-state index is 9.12. The predicted molar refractivity (Wildman–Crippen MR) is 98.2 cm³/mol. The van der Waals surface area contributed by atoms with Gasteiger partial charge >= 0.3 is 0 Å². The third-order valence-electron chi connectivity index (χ3n) is 5.21. The minimum Gasteiger partial charge on any atom is -0.342 e. The highest BCUT2D eigenvalue weighted by Gasteiger charge is 2.24. The molecule has 2 aromatic heterocycles. The number of aryl methyl sites for hydroxylation is 2. The Morgan fingerprint density at radius 3 is 3.04 bits per heavy atom. The Kier molecular flexibility index (Phi) is 4.06. The Morgan fingerprint density at radius 1 is 1.40 bits per heavy atom. The number of nitrogens with one attached hydrogen (secondary N) is 1. The van der Waals surface area contributed by atoms with Crippen LogP contribution < -0.4 is 0 Å². The van der Waals surface area contributed by atoms with Crippen LogP contribution >= 0.6 is 0 Å². The van der Waals surface area contributed by atoms with E-state index >= 15 is 0 Å². The molecule has 5 nitrogen and oxygen atoms in total. The van der Waals surface area contributed by atoms with Gasteiger partial charge in [0.2, 0.25) is 0 Å². The molecule has 3 heterocycles. The highest BCUT2D eigenvalue weighted by atomic mass is 15.1. The van der Waals surface area contributed by atoms with Crippen molar-refractivity contribution < 1.29 is 0 Å². The number of aromatic nitrogens is 3. The lowest BCUT2D eigenvalue weighted by Crippen LogP contribution is -2.34. The van der Waals surface area contributed by atoms with Crippen molar-refractivity contribution in [3.63, 3.8) is 0 Å². The van der Waals surface area contributed by atoms with Crippen LogP contribution in [0.4, 0.5) is 0 Å². The lowest BCUT2D eigenvalue weighted by atomic mass is 9.97. The first-order chi connectivity index (χ1) is 12.1. The quantitative estimate of drug-likeness (QED) is 0.798. The number of hydrogen-bond acceptors (Lipinski definition) is 3. The van der Waals surface area contributed by atoms with Crippen LogP contribution in [0.25, 0.3) is 11.0 Å². The molecule has 1 saturated heterocycles. The number of benzene rings is 1. The molecule has 25 heavy (non-hydrogen) atoms. The molecule has 1 N–H and O–H groups in total. The van der Waals surface area contributed by atoms with Crippen molar-refractivity contribution >= 4 is 11.0 Å². The molecular weight excluding hydrogens is 310 g/mol. The van der Waals surface area contributed by atoms with Gasteiger partial charge in [0.1, 0.15) is 17.6 Å². The van der Waals surface area contributed by atoms with E-state index in [9.17, 15) is 0 Å². The van der Waals surface area contributed by atoms with Gasteiger partial charge in [0.25, 0.3) is 0 Å². The van der Waals surface area contributed by atoms with E-state index in [4.69, 9.17) is 10.2 Å². The molecule has 0 aliphatic carbocycles. The smallest absolute Gasteiger partial charge is 0.120 e. The standard InChI is InChI=1S/C20H23N5/c1-14-5-3-7-18-19(14)23-20(22-18)16-6-4-8-25(13-16)12-15-9-17(10-21)24(2)11-15/h3,5,7,9,11,16H,4,6,8,12-13H2,1-2H3,(H,22,23)/t16-/m0/s1.